The quantitative estimate of drug-likeness (QED) is 0.814. The Morgan fingerprint density at radius 2 is 2.00 bits per heavy atom. The molecule has 2 aliphatic rings. The third-order valence-electron chi connectivity index (χ3n) is 5.24. The second kappa shape index (κ2) is 4.91. The van der Waals surface area contributed by atoms with Crippen LogP contribution in [0.15, 0.2) is 24.3 Å². The Morgan fingerprint density at radius 3 is 2.70 bits per heavy atom. The van der Waals surface area contributed by atoms with Gasteiger partial charge in [0.05, 0.1) is 0 Å². The van der Waals surface area contributed by atoms with Crippen LogP contribution in [-0.2, 0) is 11.2 Å². The van der Waals surface area contributed by atoms with Crippen molar-refractivity contribution in [1.29, 1.82) is 0 Å². The summed E-state index contributed by atoms with van der Waals surface area (Å²) in [5.74, 6) is 0.686. The zero-order chi connectivity index (χ0) is 14.3. The average molecular weight is 271 g/mol. The minimum absolute atomic E-state index is 0.108. The van der Waals surface area contributed by atoms with Gasteiger partial charge in [-0.05, 0) is 44.2 Å². The molecule has 1 fully saturated rings. The highest BCUT2D eigenvalue weighted by atomic mass is 16.1. The van der Waals surface area contributed by atoms with Crippen LogP contribution < -0.4 is 4.90 Å². The first-order valence-electron chi connectivity index (χ1n) is 7.88. The molecule has 0 radical (unpaired) electrons. The molecule has 1 aromatic rings. The maximum Gasteiger partial charge on any atom is 0.143 e. The van der Waals surface area contributed by atoms with E-state index in [1.54, 1.807) is 0 Å². The van der Waals surface area contributed by atoms with E-state index in [9.17, 15) is 4.79 Å². The summed E-state index contributed by atoms with van der Waals surface area (Å²) < 4.78 is 0. The second-order valence-corrected chi connectivity index (χ2v) is 7.15. The lowest BCUT2D eigenvalue weighted by Gasteiger charge is -2.38. The Balaban J connectivity index is 1.82. The molecule has 0 spiro atoms. The van der Waals surface area contributed by atoms with Gasteiger partial charge < -0.3 is 4.90 Å². The molecule has 0 amide bonds. The van der Waals surface area contributed by atoms with Gasteiger partial charge in [-0.3, -0.25) is 4.79 Å². The third kappa shape index (κ3) is 2.25. The van der Waals surface area contributed by atoms with Gasteiger partial charge >= 0.3 is 0 Å². The molecule has 1 aromatic carbocycles. The standard InChI is InChI=1S/C18H25NO/c1-13-8-9-14-6-4-5-7-16(14)19(13)12-15-10-11-18(2,3)17(15)20/h4-7,13,15H,8-12H2,1-3H3. The molecular formula is C18H25NO. The summed E-state index contributed by atoms with van der Waals surface area (Å²) in [5.41, 5.74) is 2.68. The van der Waals surface area contributed by atoms with E-state index < -0.39 is 0 Å². The van der Waals surface area contributed by atoms with E-state index in [0.29, 0.717) is 11.8 Å². The molecule has 0 bridgehead atoms. The van der Waals surface area contributed by atoms with Crippen LogP contribution in [0.25, 0.3) is 0 Å². The number of aryl methyl sites for hydroxylation is 1. The summed E-state index contributed by atoms with van der Waals surface area (Å²) >= 11 is 0. The molecule has 0 aromatic heterocycles. The fourth-order valence-corrected chi connectivity index (χ4v) is 3.79. The summed E-state index contributed by atoms with van der Waals surface area (Å²) in [7, 11) is 0. The van der Waals surface area contributed by atoms with Gasteiger partial charge in [-0.1, -0.05) is 32.0 Å². The van der Waals surface area contributed by atoms with E-state index in [2.05, 4.69) is 49.9 Å². The monoisotopic (exact) mass is 271 g/mol. The number of Topliss-reactive ketones (excluding diaryl/α,β-unsaturated/α-hetero) is 1. The highest BCUT2D eigenvalue weighted by Gasteiger charge is 2.41. The van der Waals surface area contributed by atoms with Crippen LogP contribution in [-0.4, -0.2) is 18.4 Å². The first-order chi connectivity index (χ1) is 9.49. The van der Waals surface area contributed by atoms with Crippen LogP contribution in [0.3, 0.4) is 0 Å². The molecule has 3 rings (SSSR count). The first-order valence-corrected chi connectivity index (χ1v) is 7.88. The van der Waals surface area contributed by atoms with Gasteiger partial charge in [-0.2, -0.15) is 0 Å². The number of nitrogens with zero attached hydrogens (tertiary/aromatic N) is 1. The number of carbonyl (C=O) groups is 1. The largest absolute Gasteiger partial charge is 0.368 e. The van der Waals surface area contributed by atoms with Crippen molar-refractivity contribution in [2.75, 3.05) is 11.4 Å². The number of ketones is 1. The minimum atomic E-state index is -0.108. The summed E-state index contributed by atoms with van der Waals surface area (Å²) in [6.45, 7) is 7.40. The second-order valence-electron chi connectivity index (χ2n) is 7.15. The van der Waals surface area contributed by atoms with Crippen molar-refractivity contribution in [1.82, 2.24) is 0 Å². The highest BCUT2D eigenvalue weighted by Crippen LogP contribution is 2.40. The van der Waals surface area contributed by atoms with Crippen molar-refractivity contribution >= 4 is 11.5 Å². The fourth-order valence-electron chi connectivity index (χ4n) is 3.79. The predicted octanol–water partition coefficient (Wildman–Crippen LogP) is 3.83. The zero-order valence-electron chi connectivity index (χ0n) is 12.9. The normalized spacial score (nSPS) is 28.6. The maximum atomic E-state index is 12.5. The lowest BCUT2D eigenvalue weighted by molar-refractivity contribution is -0.127. The van der Waals surface area contributed by atoms with E-state index >= 15 is 0 Å². The van der Waals surface area contributed by atoms with Crippen molar-refractivity contribution in [2.45, 2.75) is 52.5 Å². The lowest BCUT2D eigenvalue weighted by Crippen LogP contribution is -2.42. The summed E-state index contributed by atoms with van der Waals surface area (Å²) in [6.07, 6.45) is 4.46. The van der Waals surface area contributed by atoms with Gasteiger partial charge in [0.25, 0.3) is 0 Å². The number of rotatable bonds is 2. The molecule has 1 aliphatic carbocycles. The van der Waals surface area contributed by atoms with E-state index in [1.165, 1.54) is 17.7 Å². The third-order valence-corrected chi connectivity index (χ3v) is 5.24. The van der Waals surface area contributed by atoms with Gasteiger partial charge in [0, 0.05) is 29.6 Å². The average Bonchev–Trinajstić information content (AvgIpc) is 2.69. The predicted molar refractivity (Wildman–Crippen MR) is 83.1 cm³/mol. The smallest absolute Gasteiger partial charge is 0.143 e. The molecule has 2 unspecified atom stereocenters. The van der Waals surface area contributed by atoms with E-state index in [4.69, 9.17) is 0 Å². The van der Waals surface area contributed by atoms with Crippen LogP contribution in [0.4, 0.5) is 5.69 Å². The van der Waals surface area contributed by atoms with Crippen LogP contribution in [0.5, 0.6) is 0 Å². The lowest BCUT2D eigenvalue weighted by atomic mass is 9.88. The molecule has 1 aliphatic heterocycles. The maximum absolute atomic E-state index is 12.5. The van der Waals surface area contributed by atoms with Crippen molar-refractivity contribution < 1.29 is 4.79 Å². The summed E-state index contributed by atoms with van der Waals surface area (Å²) in [4.78, 5) is 15.0. The van der Waals surface area contributed by atoms with Crippen molar-refractivity contribution in [2.24, 2.45) is 11.3 Å². The van der Waals surface area contributed by atoms with E-state index in [1.807, 2.05) is 0 Å². The Bertz CT molecular complexity index is 520. The minimum Gasteiger partial charge on any atom is -0.368 e. The summed E-state index contributed by atoms with van der Waals surface area (Å²) in [6, 6.07) is 9.23. The zero-order valence-corrected chi connectivity index (χ0v) is 12.9. The number of hydrogen-bond acceptors (Lipinski definition) is 2. The molecule has 1 heterocycles. The van der Waals surface area contributed by atoms with Crippen LogP contribution in [0.2, 0.25) is 0 Å². The fraction of sp³-hybridized carbons (Fsp3) is 0.611. The van der Waals surface area contributed by atoms with Crippen molar-refractivity contribution in [3.8, 4) is 0 Å². The number of benzene rings is 1. The topological polar surface area (TPSA) is 20.3 Å². The highest BCUT2D eigenvalue weighted by molar-refractivity contribution is 5.89. The first kappa shape index (κ1) is 13.7. The molecule has 2 atom stereocenters. The van der Waals surface area contributed by atoms with Crippen LogP contribution in [0.1, 0.15) is 45.6 Å². The molecule has 0 N–H and O–H groups in total. The van der Waals surface area contributed by atoms with Crippen molar-refractivity contribution in [3.63, 3.8) is 0 Å². The number of anilines is 1. The molecule has 0 saturated heterocycles. The number of para-hydroxylation sites is 1. The van der Waals surface area contributed by atoms with Crippen LogP contribution in [0, 0.1) is 11.3 Å². The molecule has 20 heavy (non-hydrogen) atoms. The molecule has 2 nitrogen and oxygen atoms in total. The molecular weight excluding hydrogens is 246 g/mol. The number of carbonyl (C=O) groups excluding carboxylic acids is 1. The number of hydrogen-bond donors (Lipinski definition) is 0. The Labute approximate surface area is 122 Å². The van der Waals surface area contributed by atoms with Gasteiger partial charge in [0.2, 0.25) is 0 Å². The SMILES string of the molecule is CC1CCc2ccccc2N1CC1CCC(C)(C)C1=O. The number of fused-ring (bicyclic) bond motifs is 1. The van der Waals surface area contributed by atoms with E-state index in [0.717, 1.165) is 25.8 Å². The van der Waals surface area contributed by atoms with Gasteiger partial charge in [-0.15, -0.1) is 0 Å². The molecule has 2 heteroatoms. The van der Waals surface area contributed by atoms with Gasteiger partial charge in [0.1, 0.15) is 5.78 Å². The summed E-state index contributed by atoms with van der Waals surface area (Å²) in [5, 5.41) is 0. The molecule has 108 valence electrons. The Kier molecular flexibility index (Phi) is 3.35. The van der Waals surface area contributed by atoms with Crippen LogP contribution >= 0.6 is 0 Å². The Morgan fingerprint density at radius 1 is 1.25 bits per heavy atom. The van der Waals surface area contributed by atoms with Gasteiger partial charge in [0.15, 0.2) is 0 Å². The van der Waals surface area contributed by atoms with Crippen molar-refractivity contribution in [3.05, 3.63) is 29.8 Å². The van der Waals surface area contributed by atoms with E-state index in [-0.39, 0.29) is 11.3 Å². The molecule has 1 saturated carbocycles. The van der Waals surface area contributed by atoms with Gasteiger partial charge in [-0.25, -0.2) is 0 Å². The Hall–Kier alpha value is -1.31.